The minimum atomic E-state index is -4.89. The summed E-state index contributed by atoms with van der Waals surface area (Å²) < 4.78 is 99.3. The standard InChI is InChI=1S/C16H10O9S3.3Na/c17-26(18,19)12-6-2-8-1-3-10-13(27(20,21)22)7-14(28(23,24)25)11-5-4-9(12)15(8)16(10)11;;;/h1-7H,(H,17,18,19)(H,20,21,22)(H,23,24,25);;;. The molecular formula is C16H10Na3O9S3. The molecule has 0 heterocycles. The smallest absolute Gasteiger partial charge is 0.282 e. The van der Waals surface area contributed by atoms with Crippen LogP contribution in [0, 0.1) is 0 Å². The molecular weight excluding hydrogens is 501 g/mol. The van der Waals surface area contributed by atoms with E-state index in [2.05, 4.69) is 0 Å². The Morgan fingerprint density at radius 2 is 0.839 bits per heavy atom. The van der Waals surface area contributed by atoms with Crippen LogP contribution in [0.25, 0.3) is 32.3 Å². The molecule has 9 nitrogen and oxygen atoms in total. The average molecular weight is 511 g/mol. The molecule has 31 heavy (non-hydrogen) atoms. The van der Waals surface area contributed by atoms with Crippen LogP contribution in [0.2, 0.25) is 0 Å². The maximum Gasteiger partial charge on any atom is 0.295 e. The van der Waals surface area contributed by atoms with E-state index in [9.17, 15) is 38.9 Å². The van der Waals surface area contributed by atoms with Crippen LogP contribution < -0.4 is 0 Å². The zero-order valence-electron chi connectivity index (χ0n) is 16.6. The normalized spacial score (nSPS) is 12.4. The van der Waals surface area contributed by atoms with E-state index >= 15 is 0 Å². The molecule has 149 valence electrons. The Bertz CT molecular complexity index is 1580. The molecule has 4 rings (SSSR count). The molecule has 0 aliphatic rings. The molecule has 0 atom stereocenters. The molecule has 4 aromatic rings. The predicted octanol–water partition coefficient (Wildman–Crippen LogP) is 1.18. The molecule has 0 fully saturated rings. The fraction of sp³-hybridized carbons (Fsp3) is 0. The van der Waals surface area contributed by atoms with Gasteiger partial charge in [0.25, 0.3) is 30.4 Å². The van der Waals surface area contributed by atoms with E-state index in [0.29, 0.717) is 11.5 Å². The van der Waals surface area contributed by atoms with E-state index < -0.39 is 45.0 Å². The summed E-state index contributed by atoms with van der Waals surface area (Å²) in [6, 6.07) is 8.37. The molecule has 4 aromatic carbocycles. The van der Waals surface area contributed by atoms with Gasteiger partial charge in [-0.15, -0.1) is 0 Å². The van der Waals surface area contributed by atoms with Crippen LogP contribution in [0.15, 0.2) is 57.2 Å². The van der Waals surface area contributed by atoms with Gasteiger partial charge in [0.05, 0.1) is 0 Å². The van der Waals surface area contributed by atoms with Crippen LogP contribution in [-0.4, -0.2) is 128 Å². The quantitative estimate of drug-likeness (QED) is 0.208. The minimum Gasteiger partial charge on any atom is -0.282 e. The van der Waals surface area contributed by atoms with Crippen molar-refractivity contribution in [3.05, 3.63) is 42.5 Å². The second-order valence-electron chi connectivity index (χ2n) is 6.11. The number of hydrogen-bond acceptors (Lipinski definition) is 6. The predicted molar refractivity (Wildman–Crippen MR) is 117 cm³/mol. The van der Waals surface area contributed by atoms with E-state index in [0.717, 1.165) is 6.07 Å². The molecule has 0 aliphatic heterocycles. The number of rotatable bonds is 3. The van der Waals surface area contributed by atoms with Crippen molar-refractivity contribution in [1.29, 1.82) is 0 Å². The monoisotopic (exact) mass is 511 g/mol. The van der Waals surface area contributed by atoms with Gasteiger partial charge in [-0.3, -0.25) is 13.7 Å². The first-order chi connectivity index (χ1) is 12.8. The van der Waals surface area contributed by atoms with E-state index in [4.69, 9.17) is 0 Å². The van der Waals surface area contributed by atoms with Gasteiger partial charge in [0.15, 0.2) is 0 Å². The Hall–Kier alpha value is 0.650. The van der Waals surface area contributed by atoms with Gasteiger partial charge >= 0.3 is 0 Å². The third-order valence-electron chi connectivity index (χ3n) is 4.50. The summed E-state index contributed by atoms with van der Waals surface area (Å²) in [5.74, 6) is 0. The third kappa shape index (κ3) is 5.19. The summed E-state index contributed by atoms with van der Waals surface area (Å²) in [4.78, 5) is -1.99. The molecule has 0 aromatic heterocycles. The number of benzene rings is 4. The summed E-state index contributed by atoms with van der Waals surface area (Å²) in [5, 5.41) is 0.455. The van der Waals surface area contributed by atoms with Crippen LogP contribution in [0.1, 0.15) is 0 Å². The maximum absolute atomic E-state index is 11.8. The van der Waals surface area contributed by atoms with Crippen LogP contribution >= 0.6 is 0 Å². The molecule has 3 radical (unpaired) electrons. The van der Waals surface area contributed by atoms with Crippen molar-refractivity contribution in [3.8, 4) is 0 Å². The van der Waals surface area contributed by atoms with E-state index in [1.54, 1.807) is 0 Å². The Morgan fingerprint density at radius 3 is 1.26 bits per heavy atom. The summed E-state index contributed by atoms with van der Waals surface area (Å²) in [7, 11) is -14.4. The van der Waals surface area contributed by atoms with Crippen LogP contribution in [0.5, 0.6) is 0 Å². The van der Waals surface area contributed by atoms with Crippen molar-refractivity contribution in [3.63, 3.8) is 0 Å². The maximum atomic E-state index is 11.8. The third-order valence-corrected chi connectivity index (χ3v) is 7.20. The zero-order chi connectivity index (χ0) is 20.6. The zero-order valence-corrected chi connectivity index (χ0v) is 25.0. The minimum absolute atomic E-state index is 0. The van der Waals surface area contributed by atoms with E-state index in [1.165, 1.54) is 30.3 Å². The molecule has 0 unspecified atom stereocenters. The fourth-order valence-corrected chi connectivity index (χ4v) is 5.65. The summed E-state index contributed by atoms with van der Waals surface area (Å²) in [6.07, 6.45) is 0. The first-order valence-electron chi connectivity index (χ1n) is 7.47. The van der Waals surface area contributed by atoms with E-state index in [-0.39, 0.29) is 116 Å². The number of hydrogen-bond donors (Lipinski definition) is 3. The molecule has 0 spiro atoms. The molecule has 0 aliphatic carbocycles. The van der Waals surface area contributed by atoms with Gasteiger partial charge in [-0.25, -0.2) is 0 Å². The molecule has 0 bridgehead atoms. The van der Waals surface area contributed by atoms with Crippen molar-refractivity contribution >= 4 is 151 Å². The van der Waals surface area contributed by atoms with Crippen molar-refractivity contribution in [1.82, 2.24) is 0 Å². The van der Waals surface area contributed by atoms with Crippen LogP contribution in [-0.2, 0) is 30.4 Å². The largest absolute Gasteiger partial charge is 0.295 e. The van der Waals surface area contributed by atoms with E-state index in [1.807, 2.05) is 0 Å². The molecule has 15 heteroatoms. The Balaban J connectivity index is 0.00000160. The van der Waals surface area contributed by atoms with Gasteiger partial charge in [-0.1, -0.05) is 30.3 Å². The van der Waals surface area contributed by atoms with Gasteiger partial charge in [0.2, 0.25) is 0 Å². The molecule has 3 N–H and O–H groups in total. The Morgan fingerprint density at radius 1 is 0.484 bits per heavy atom. The first kappa shape index (κ1) is 29.7. The van der Waals surface area contributed by atoms with Gasteiger partial charge in [-0.05, 0) is 22.9 Å². The second kappa shape index (κ2) is 9.72. The topological polar surface area (TPSA) is 163 Å². The van der Waals surface area contributed by atoms with Crippen LogP contribution in [0.4, 0.5) is 0 Å². The Labute approximate surface area is 244 Å². The average Bonchev–Trinajstić information content (AvgIpc) is 2.55. The van der Waals surface area contributed by atoms with Gasteiger partial charge in [-0.2, -0.15) is 25.3 Å². The first-order valence-corrected chi connectivity index (χ1v) is 11.8. The van der Waals surface area contributed by atoms with Crippen molar-refractivity contribution in [2.75, 3.05) is 0 Å². The van der Waals surface area contributed by atoms with Crippen LogP contribution in [0.3, 0.4) is 0 Å². The summed E-state index contributed by atoms with van der Waals surface area (Å²) in [6.45, 7) is 0. The van der Waals surface area contributed by atoms with Crippen molar-refractivity contribution in [2.45, 2.75) is 14.7 Å². The second-order valence-corrected chi connectivity index (χ2v) is 10.3. The summed E-state index contributed by atoms with van der Waals surface area (Å²) in [5.41, 5.74) is 0. The SMILES string of the molecule is O=S(=O)(O)c1ccc2ccc3c(S(=O)(=O)O)cc(S(=O)(=O)O)c4ccc1c2c34.[Na].[Na].[Na]. The van der Waals surface area contributed by atoms with Gasteiger partial charge in [0, 0.05) is 110 Å². The summed E-state index contributed by atoms with van der Waals surface area (Å²) >= 11 is 0. The molecule has 0 saturated heterocycles. The van der Waals surface area contributed by atoms with Gasteiger partial charge in [0.1, 0.15) is 14.7 Å². The van der Waals surface area contributed by atoms with Gasteiger partial charge < -0.3 is 0 Å². The Kier molecular flexibility index (Phi) is 9.31. The molecule has 0 amide bonds. The van der Waals surface area contributed by atoms with Crippen molar-refractivity contribution in [2.24, 2.45) is 0 Å². The molecule has 0 saturated carbocycles. The fourth-order valence-electron chi connectivity index (χ4n) is 3.46. The van der Waals surface area contributed by atoms with Crippen molar-refractivity contribution < 1.29 is 38.9 Å².